The Hall–Kier alpha value is -1.01. The molecule has 3 N–H and O–H groups in total. The van der Waals surface area contributed by atoms with Crippen molar-refractivity contribution in [3.05, 3.63) is 0 Å². The van der Waals surface area contributed by atoms with Gasteiger partial charge in [-0.2, -0.15) is 4.37 Å². The summed E-state index contributed by atoms with van der Waals surface area (Å²) in [5.41, 5.74) is 5.87. The molecule has 2 unspecified atom stereocenters. The van der Waals surface area contributed by atoms with Crippen molar-refractivity contribution in [2.75, 3.05) is 24.6 Å². The molecule has 1 fully saturated rings. The van der Waals surface area contributed by atoms with Gasteiger partial charge in [0.2, 0.25) is 0 Å². The third-order valence-electron chi connectivity index (χ3n) is 3.57. The molecule has 19 heavy (non-hydrogen) atoms. The van der Waals surface area contributed by atoms with Crippen molar-refractivity contribution in [3.63, 3.8) is 0 Å². The van der Waals surface area contributed by atoms with E-state index >= 15 is 0 Å². The van der Waals surface area contributed by atoms with Gasteiger partial charge in [0.25, 0.3) is 0 Å². The smallest absolute Gasteiger partial charge is 0.197 e. The lowest BCUT2D eigenvalue weighted by Crippen LogP contribution is -2.42. The van der Waals surface area contributed by atoms with E-state index in [-0.39, 0.29) is 6.10 Å². The largest absolute Gasteiger partial charge is 0.484 e. The van der Waals surface area contributed by atoms with Crippen LogP contribution in [0.5, 0.6) is 5.75 Å². The summed E-state index contributed by atoms with van der Waals surface area (Å²) in [4.78, 5) is 2.39. The van der Waals surface area contributed by atoms with Gasteiger partial charge in [-0.3, -0.25) is 0 Å². The first-order valence-corrected chi connectivity index (χ1v) is 7.63. The van der Waals surface area contributed by atoms with Crippen LogP contribution in [-0.2, 0) is 0 Å². The number of ether oxygens (including phenoxy) is 1. The highest BCUT2D eigenvalue weighted by Crippen LogP contribution is 2.37. The number of aromatic nitrogens is 1. The van der Waals surface area contributed by atoms with Gasteiger partial charge >= 0.3 is 0 Å². The molecule has 0 aliphatic carbocycles. The first kappa shape index (κ1) is 14.4. The van der Waals surface area contributed by atoms with Crippen LogP contribution in [0.3, 0.4) is 0 Å². The van der Waals surface area contributed by atoms with Crippen LogP contribution in [0.1, 0.15) is 33.6 Å². The lowest BCUT2D eigenvalue weighted by Gasteiger charge is -2.35. The van der Waals surface area contributed by atoms with Crippen LogP contribution in [0, 0.1) is 0 Å². The van der Waals surface area contributed by atoms with E-state index in [1.54, 1.807) is 0 Å². The Bertz CT molecular complexity index is 421. The molecule has 1 aliphatic heterocycles. The van der Waals surface area contributed by atoms with E-state index < -0.39 is 0 Å². The molecule has 0 aromatic carbocycles. The van der Waals surface area contributed by atoms with Gasteiger partial charge in [0.05, 0.1) is 6.10 Å². The highest BCUT2D eigenvalue weighted by molar-refractivity contribution is 7.11. The molecular weight excluding hydrogens is 260 g/mol. The van der Waals surface area contributed by atoms with Crippen molar-refractivity contribution in [1.29, 1.82) is 0 Å². The van der Waals surface area contributed by atoms with Gasteiger partial charge in [-0.15, -0.1) is 0 Å². The number of nitrogens with two attached hydrogens (primary N) is 1. The molecule has 0 spiro atoms. The van der Waals surface area contributed by atoms with Crippen LogP contribution in [0.4, 0.5) is 10.8 Å². The lowest BCUT2D eigenvalue weighted by atomic mass is 9.99. The number of likely N-dealkylation sites (tertiary alicyclic amines) is 1. The van der Waals surface area contributed by atoms with E-state index in [4.69, 9.17) is 10.5 Å². The van der Waals surface area contributed by atoms with Crippen molar-refractivity contribution in [2.24, 2.45) is 0 Å². The predicted octanol–water partition coefficient (Wildman–Crippen LogP) is 2.41. The summed E-state index contributed by atoms with van der Waals surface area (Å²) in [6.45, 7) is 7.38. The number of anilines is 2. The molecule has 2 rings (SSSR count). The van der Waals surface area contributed by atoms with E-state index in [9.17, 15) is 0 Å². The third kappa shape index (κ3) is 3.51. The standard InChI is InChI=1S/C13H24N4OS/c1-8(2)18-11-12(14)16-19-13(11)15-10-5-6-17(4)9(3)7-10/h8-10,15H,5-7H2,1-4H3,(H2,14,16). The summed E-state index contributed by atoms with van der Waals surface area (Å²) in [6, 6.07) is 1.08. The zero-order valence-corrected chi connectivity index (χ0v) is 13.0. The molecule has 0 saturated carbocycles. The Labute approximate surface area is 119 Å². The molecule has 6 heteroatoms. The van der Waals surface area contributed by atoms with E-state index in [1.807, 2.05) is 13.8 Å². The fourth-order valence-corrected chi connectivity index (χ4v) is 3.07. The summed E-state index contributed by atoms with van der Waals surface area (Å²) >= 11 is 1.39. The van der Waals surface area contributed by atoms with Gasteiger partial charge in [-0.05, 0) is 52.2 Å². The number of rotatable bonds is 4. The van der Waals surface area contributed by atoms with Crippen molar-refractivity contribution in [2.45, 2.75) is 51.8 Å². The molecule has 0 radical (unpaired) electrons. The average Bonchev–Trinajstić information content (AvgIpc) is 2.66. The van der Waals surface area contributed by atoms with E-state index in [2.05, 4.69) is 28.6 Å². The Morgan fingerprint density at radius 3 is 2.89 bits per heavy atom. The summed E-state index contributed by atoms with van der Waals surface area (Å²) < 4.78 is 9.95. The fourth-order valence-electron chi connectivity index (χ4n) is 2.34. The van der Waals surface area contributed by atoms with Crippen LogP contribution in [0.2, 0.25) is 0 Å². The van der Waals surface area contributed by atoms with Crippen molar-refractivity contribution >= 4 is 22.4 Å². The molecule has 108 valence electrons. The van der Waals surface area contributed by atoms with Crippen molar-refractivity contribution in [1.82, 2.24) is 9.27 Å². The molecule has 1 aromatic rings. The van der Waals surface area contributed by atoms with Gasteiger partial charge in [0.15, 0.2) is 16.6 Å². The Kier molecular flexibility index (Phi) is 4.52. The van der Waals surface area contributed by atoms with E-state index in [0.717, 1.165) is 24.4 Å². The predicted molar refractivity (Wildman–Crippen MR) is 81.0 cm³/mol. The van der Waals surface area contributed by atoms with Gasteiger partial charge in [-0.1, -0.05) is 0 Å². The normalized spacial score (nSPS) is 24.7. The first-order chi connectivity index (χ1) is 8.97. The van der Waals surface area contributed by atoms with Gasteiger partial charge in [0.1, 0.15) is 0 Å². The van der Waals surface area contributed by atoms with Crippen LogP contribution in [0.25, 0.3) is 0 Å². The highest BCUT2D eigenvalue weighted by atomic mass is 32.1. The maximum atomic E-state index is 5.87. The maximum absolute atomic E-state index is 5.87. The molecule has 0 amide bonds. The average molecular weight is 284 g/mol. The maximum Gasteiger partial charge on any atom is 0.197 e. The zero-order valence-electron chi connectivity index (χ0n) is 12.1. The van der Waals surface area contributed by atoms with Crippen LogP contribution >= 0.6 is 11.5 Å². The summed E-state index contributed by atoms with van der Waals surface area (Å²) in [5, 5.41) is 4.52. The van der Waals surface area contributed by atoms with Crippen molar-refractivity contribution in [3.8, 4) is 5.75 Å². The van der Waals surface area contributed by atoms with Crippen molar-refractivity contribution < 1.29 is 4.74 Å². The molecule has 5 nitrogen and oxygen atoms in total. The van der Waals surface area contributed by atoms with E-state index in [0.29, 0.717) is 23.7 Å². The molecule has 2 atom stereocenters. The Morgan fingerprint density at radius 1 is 1.53 bits per heavy atom. The third-order valence-corrected chi connectivity index (χ3v) is 4.35. The topological polar surface area (TPSA) is 63.4 Å². The second kappa shape index (κ2) is 5.96. The molecule has 1 aliphatic rings. The summed E-state index contributed by atoms with van der Waals surface area (Å²) in [6.07, 6.45) is 2.38. The minimum Gasteiger partial charge on any atom is -0.484 e. The monoisotopic (exact) mass is 284 g/mol. The molecule has 1 aromatic heterocycles. The minimum absolute atomic E-state index is 0.107. The molecule has 0 bridgehead atoms. The van der Waals surface area contributed by atoms with Gasteiger partial charge < -0.3 is 20.7 Å². The second-order valence-corrected chi connectivity index (χ2v) is 6.36. The zero-order chi connectivity index (χ0) is 14.0. The fraction of sp³-hybridized carbons (Fsp3) is 0.769. The number of nitrogens with zero attached hydrogens (tertiary/aromatic N) is 2. The SMILES string of the molecule is CC(C)Oc1c(N)nsc1NC1CCN(C)C(C)C1. The minimum atomic E-state index is 0.107. The lowest BCUT2D eigenvalue weighted by molar-refractivity contribution is 0.189. The Morgan fingerprint density at radius 2 is 2.26 bits per heavy atom. The van der Waals surface area contributed by atoms with Gasteiger partial charge in [0, 0.05) is 18.6 Å². The van der Waals surface area contributed by atoms with Crippen LogP contribution in [0.15, 0.2) is 0 Å². The number of hydrogen-bond acceptors (Lipinski definition) is 6. The summed E-state index contributed by atoms with van der Waals surface area (Å²) in [5.74, 6) is 1.20. The molecular formula is C13H24N4OS. The Balaban J connectivity index is 2.03. The number of hydrogen-bond donors (Lipinski definition) is 2. The number of nitrogen functional groups attached to an aromatic ring is 1. The number of piperidine rings is 1. The number of nitrogens with one attached hydrogen (secondary N) is 1. The highest BCUT2D eigenvalue weighted by Gasteiger charge is 2.25. The summed E-state index contributed by atoms with van der Waals surface area (Å²) in [7, 11) is 2.18. The first-order valence-electron chi connectivity index (χ1n) is 6.86. The van der Waals surface area contributed by atoms with Crippen LogP contribution < -0.4 is 15.8 Å². The molecule has 1 saturated heterocycles. The molecule has 2 heterocycles. The van der Waals surface area contributed by atoms with Gasteiger partial charge in [-0.25, -0.2) is 0 Å². The van der Waals surface area contributed by atoms with E-state index in [1.165, 1.54) is 11.5 Å². The second-order valence-electron chi connectivity index (χ2n) is 5.59. The quantitative estimate of drug-likeness (QED) is 0.889. The van der Waals surface area contributed by atoms with Crippen LogP contribution in [-0.4, -0.2) is 41.1 Å².